The number of anilines is 1. The van der Waals surface area contributed by atoms with Crippen molar-refractivity contribution in [2.45, 2.75) is 37.8 Å². The van der Waals surface area contributed by atoms with E-state index in [9.17, 15) is 9.90 Å². The van der Waals surface area contributed by atoms with Crippen LogP contribution in [0.2, 0.25) is 0 Å². The topological polar surface area (TPSA) is 107 Å². The van der Waals surface area contributed by atoms with Gasteiger partial charge >= 0.3 is 0 Å². The van der Waals surface area contributed by atoms with E-state index in [0.717, 1.165) is 55.6 Å². The van der Waals surface area contributed by atoms with Crippen LogP contribution in [0.1, 0.15) is 25.7 Å². The van der Waals surface area contributed by atoms with Crippen LogP contribution in [0.3, 0.4) is 0 Å². The number of aromatic amines is 1. The smallest absolute Gasteiger partial charge is 0.249 e. The Morgan fingerprint density at radius 1 is 1.30 bits per heavy atom. The normalized spacial score (nSPS) is 20.7. The Morgan fingerprint density at radius 3 is 2.83 bits per heavy atom. The van der Waals surface area contributed by atoms with Crippen molar-refractivity contribution in [2.24, 2.45) is 5.92 Å². The number of aromatic nitrogens is 4. The second kappa shape index (κ2) is 5.77. The van der Waals surface area contributed by atoms with E-state index in [1.54, 1.807) is 6.20 Å². The van der Waals surface area contributed by atoms with Crippen molar-refractivity contribution in [1.29, 1.82) is 0 Å². The molecule has 23 heavy (non-hydrogen) atoms. The molecule has 2 fully saturated rings. The SMILES string of the molecule is O=C(NC1CC1)C(O)C1CCN(c2ncnc3[nH]ncc23)CC1. The maximum atomic E-state index is 12.0. The lowest BCUT2D eigenvalue weighted by atomic mass is 9.90. The Morgan fingerprint density at radius 2 is 2.09 bits per heavy atom. The van der Waals surface area contributed by atoms with Gasteiger partial charge in [0.25, 0.3) is 0 Å². The van der Waals surface area contributed by atoms with E-state index in [0.29, 0.717) is 0 Å². The Kier molecular flexibility index (Phi) is 3.60. The number of nitrogens with zero attached hydrogens (tertiary/aromatic N) is 4. The standard InChI is InChI=1S/C15H20N6O2/c22-12(15(23)19-10-1-2-10)9-3-5-21(6-4-9)14-11-7-18-20-13(11)16-8-17-14/h7-10,12,22H,1-6H2,(H,19,23)(H,16,17,18,20). The first-order chi connectivity index (χ1) is 11.2. The average Bonchev–Trinajstić information content (AvgIpc) is 3.26. The Labute approximate surface area is 133 Å². The lowest BCUT2D eigenvalue weighted by Gasteiger charge is -2.34. The van der Waals surface area contributed by atoms with Crippen molar-refractivity contribution in [3.05, 3.63) is 12.5 Å². The molecule has 3 heterocycles. The number of aliphatic hydroxyl groups is 1. The lowest BCUT2D eigenvalue weighted by molar-refractivity contribution is -0.132. The zero-order valence-electron chi connectivity index (χ0n) is 12.8. The van der Waals surface area contributed by atoms with E-state index in [1.165, 1.54) is 6.33 Å². The molecule has 8 heteroatoms. The zero-order valence-corrected chi connectivity index (χ0v) is 12.8. The summed E-state index contributed by atoms with van der Waals surface area (Å²) in [6.07, 6.45) is 5.95. The molecule has 1 saturated carbocycles. The fraction of sp³-hybridized carbons (Fsp3) is 0.600. The molecule has 1 saturated heterocycles. The monoisotopic (exact) mass is 316 g/mol. The molecular weight excluding hydrogens is 296 g/mol. The third-order valence-electron chi connectivity index (χ3n) is 4.71. The van der Waals surface area contributed by atoms with Crippen LogP contribution >= 0.6 is 0 Å². The summed E-state index contributed by atoms with van der Waals surface area (Å²) in [7, 11) is 0. The predicted molar refractivity (Wildman–Crippen MR) is 83.8 cm³/mol. The number of fused-ring (bicyclic) bond motifs is 1. The van der Waals surface area contributed by atoms with Crippen molar-refractivity contribution < 1.29 is 9.90 Å². The average molecular weight is 316 g/mol. The summed E-state index contributed by atoms with van der Waals surface area (Å²) in [4.78, 5) is 22.7. The molecule has 0 spiro atoms. The molecular formula is C15H20N6O2. The largest absolute Gasteiger partial charge is 0.383 e. The first-order valence-corrected chi connectivity index (χ1v) is 8.10. The van der Waals surface area contributed by atoms with Crippen LogP contribution in [0, 0.1) is 5.92 Å². The van der Waals surface area contributed by atoms with Crippen LogP contribution in [-0.2, 0) is 4.79 Å². The summed E-state index contributed by atoms with van der Waals surface area (Å²) in [6, 6.07) is 0.285. The third-order valence-corrected chi connectivity index (χ3v) is 4.71. The van der Waals surface area contributed by atoms with Crippen LogP contribution in [0.5, 0.6) is 0 Å². The van der Waals surface area contributed by atoms with Gasteiger partial charge in [0.05, 0.1) is 11.6 Å². The fourth-order valence-corrected chi connectivity index (χ4v) is 3.16. The number of hydrogen-bond donors (Lipinski definition) is 3. The Hall–Kier alpha value is -2.22. The minimum Gasteiger partial charge on any atom is -0.383 e. The molecule has 4 rings (SSSR count). The molecule has 2 aromatic heterocycles. The van der Waals surface area contributed by atoms with E-state index in [4.69, 9.17) is 0 Å². The van der Waals surface area contributed by atoms with Crippen LogP contribution in [0.25, 0.3) is 11.0 Å². The number of carbonyl (C=O) groups excluding carboxylic acids is 1. The minimum atomic E-state index is -0.905. The Balaban J connectivity index is 1.40. The van der Waals surface area contributed by atoms with E-state index < -0.39 is 6.10 Å². The summed E-state index contributed by atoms with van der Waals surface area (Å²) in [5.74, 6) is 0.649. The van der Waals surface area contributed by atoms with Crippen molar-refractivity contribution in [3.8, 4) is 0 Å². The van der Waals surface area contributed by atoms with E-state index in [-0.39, 0.29) is 17.9 Å². The lowest BCUT2D eigenvalue weighted by Crippen LogP contribution is -2.45. The molecule has 1 aliphatic carbocycles. The molecule has 3 N–H and O–H groups in total. The molecule has 0 aromatic carbocycles. The highest BCUT2D eigenvalue weighted by Crippen LogP contribution is 2.28. The fourth-order valence-electron chi connectivity index (χ4n) is 3.16. The summed E-state index contributed by atoms with van der Waals surface area (Å²) >= 11 is 0. The summed E-state index contributed by atoms with van der Waals surface area (Å²) in [6.45, 7) is 1.52. The molecule has 1 aliphatic heterocycles. The van der Waals surface area contributed by atoms with E-state index in [1.807, 2.05) is 0 Å². The van der Waals surface area contributed by atoms with Crippen molar-refractivity contribution in [2.75, 3.05) is 18.0 Å². The van der Waals surface area contributed by atoms with Gasteiger partial charge in [0.15, 0.2) is 5.65 Å². The third kappa shape index (κ3) is 2.86. The van der Waals surface area contributed by atoms with Gasteiger partial charge in [0.1, 0.15) is 18.2 Å². The quantitative estimate of drug-likeness (QED) is 0.744. The summed E-state index contributed by atoms with van der Waals surface area (Å²) in [5, 5.41) is 20.9. The number of nitrogens with one attached hydrogen (secondary N) is 2. The van der Waals surface area contributed by atoms with Gasteiger partial charge in [-0.15, -0.1) is 0 Å². The molecule has 0 radical (unpaired) electrons. The molecule has 8 nitrogen and oxygen atoms in total. The van der Waals surface area contributed by atoms with Gasteiger partial charge in [-0.25, -0.2) is 9.97 Å². The van der Waals surface area contributed by atoms with E-state index >= 15 is 0 Å². The zero-order chi connectivity index (χ0) is 15.8. The van der Waals surface area contributed by atoms with Crippen molar-refractivity contribution >= 4 is 22.8 Å². The van der Waals surface area contributed by atoms with Gasteiger partial charge in [0, 0.05) is 19.1 Å². The summed E-state index contributed by atoms with van der Waals surface area (Å²) in [5.41, 5.74) is 0.723. The molecule has 122 valence electrons. The van der Waals surface area contributed by atoms with E-state index in [2.05, 4.69) is 30.4 Å². The first kappa shape index (κ1) is 14.4. The van der Waals surface area contributed by atoms with Crippen LogP contribution in [0.4, 0.5) is 5.82 Å². The first-order valence-electron chi connectivity index (χ1n) is 8.10. The van der Waals surface area contributed by atoms with Gasteiger partial charge in [-0.2, -0.15) is 5.10 Å². The van der Waals surface area contributed by atoms with Crippen LogP contribution < -0.4 is 10.2 Å². The maximum Gasteiger partial charge on any atom is 0.249 e. The van der Waals surface area contributed by atoms with Gasteiger partial charge in [-0.05, 0) is 31.6 Å². The number of aliphatic hydroxyl groups excluding tert-OH is 1. The maximum absolute atomic E-state index is 12.0. The number of amides is 1. The highest BCUT2D eigenvalue weighted by atomic mass is 16.3. The second-order valence-electron chi connectivity index (χ2n) is 6.38. The number of carbonyl (C=O) groups is 1. The van der Waals surface area contributed by atoms with Gasteiger partial charge < -0.3 is 15.3 Å². The van der Waals surface area contributed by atoms with Gasteiger partial charge in [0.2, 0.25) is 5.91 Å². The molecule has 1 atom stereocenters. The Bertz CT molecular complexity index is 705. The highest BCUT2D eigenvalue weighted by Gasteiger charge is 2.33. The number of rotatable bonds is 4. The molecule has 2 aliphatic rings. The van der Waals surface area contributed by atoms with Gasteiger partial charge in [-0.1, -0.05) is 0 Å². The number of H-pyrrole nitrogens is 1. The molecule has 2 aromatic rings. The molecule has 1 amide bonds. The minimum absolute atomic E-state index is 0.00618. The van der Waals surface area contributed by atoms with Crippen molar-refractivity contribution in [3.63, 3.8) is 0 Å². The summed E-state index contributed by atoms with van der Waals surface area (Å²) < 4.78 is 0. The highest BCUT2D eigenvalue weighted by molar-refractivity contribution is 5.86. The number of piperidine rings is 1. The van der Waals surface area contributed by atoms with Crippen molar-refractivity contribution in [1.82, 2.24) is 25.5 Å². The van der Waals surface area contributed by atoms with Gasteiger partial charge in [-0.3, -0.25) is 9.89 Å². The van der Waals surface area contributed by atoms with Crippen LogP contribution in [0.15, 0.2) is 12.5 Å². The van der Waals surface area contributed by atoms with Crippen LogP contribution in [-0.4, -0.2) is 56.4 Å². The second-order valence-corrected chi connectivity index (χ2v) is 6.38. The predicted octanol–water partition coefficient (Wildman–Crippen LogP) is 0.209. The molecule has 0 bridgehead atoms. The molecule has 1 unspecified atom stereocenters. The number of hydrogen-bond acceptors (Lipinski definition) is 6.